The number of thiazole rings is 1. The van der Waals surface area contributed by atoms with Crippen LogP contribution in [0.5, 0.6) is 5.75 Å². The van der Waals surface area contributed by atoms with Crippen LogP contribution >= 0.6 is 11.3 Å². The fraction of sp³-hybridized carbons (Fsp3) is 0.276. The predicted octanol–water partition coefficient (Wildman–Crippen LogP) is 7.57. The van der Waals surface area contributed by atoms with Gasteiger partial charge < -0.3 is 4.74 Å². The van der Waals surface area contributed by atoms with E-state index in [4.69, 9.17) is 4.74 Å². The standard InChI is InChI=1S/C29H30NOS/c1-21-17-22(20-29(2,3)19-21)18-28-30(25-12-6-7-14-27(25)32-28)15-16-31-26-13-8-10-23-9-4-5-11-24(23)26/h4-14,17-18H,15-16,19-20H2,1-3H3/q+1. The number of ether oxygens (including phenoxy) is 1. The zero-order valence-electron chi connectivity index (χ0n) is 19.1. The molecule has 1 aliphatic carbocycles. The number of para-hydroxylation sites is 1. The second-order valence-corrected chi connectivity index (χ2v) is 10.7. The molecule has 0 unspecified atom stereocenters. The molecule has 0 amide bonds. The van der Waals surface area contributed by atoms with Crippen molar-refractivity contribution in [3.63, 3.8) is 0 Å². The van der Waals surface area contributed by atoms with E-state index < -0.39 is 0 Å². The van der Waals surface area contributed by atoms with Crippen molar-refractivity contribution in [2.45, 2.75) is 40.2 Å². The van der Waals surface area contributed by atoms with Crippen LogP contribution in [0.4, 0.5) is 0 Å². The molecule has 0 saturated heterocycles. The van der Waals surface area contributed by atoms with Gasteiger partial charge >= 0.3 is 0 Å². The van der Waals surface area contributed by atoms with Crippen LogP contribution in [0.25, 0.3) is 27.1 Å². The molecule has 32 heavy (non-hydrogen) atoms. The quantitative estimate of drug-likeness (QED) is 0.292. The van der Waals surface area contributed by atoms with Crippen molar-refractivity contribution in [1.82, 2.24) is 0 Å². The Balaban J connectivity index is 1.45. The molecule has 0 N–H and O–H groups in total. The zero-order chi connectivity index (χ0) is 22.1. The van der Waals surface area contributed by atoms with E-state index in [-0.39, 0.29) is 0 Å². The molecule has 0 saturated carbocycles. The number of hydrogen-bond acceptors (Lipinski definition) is 2. The lowest BCUT2D eigenvalue weighted by Crippen LogP contribution is -2.38. The molecule has 3 heteroatoms. The van der Waals surface area contributed by atoms with E-state index in [0.29, 0.717) is 12.0 Å². The Bertz CT molecular complexity index is 1340. The molecule has 1 aromatic heterocycles. The molecular formula is C29H30NOS+. The molecule has 2 nitrogen and oxygen atoms in total. The van der Waals surface area contributed by atoms with E-state index in [1.54, 1.807) is 0 Å². The summed E-state index contributed by atoms with van der Waals surface area (Å²) in [7, 11) is 0. The Kier molecular flexibility index (Phi) is 5.60. The normalized spacial score (nSPS) is 17.1. The summed E-state index contributed by atoms with van der Waals surface area (Å²) in [5.74, 6) is 0.954. The van der Waals surface area contributed by atoms with Crippen molar-refractivity contribution in [3.8, 4) is 5.75 Å². The van der Waals surface area contributed by atoms with Gasteiger partial charge in [0.15, 0.2) is 6.54 Å². The third-order valence-electron chi connectivity index (χ3n) is 6.14. The number of hydrogen-bond donors (Lipinski definition) is 0. The van der Waals surface area contributed by atoms with Gasteiger partial charge in [-0.1, -0.05) is 85.4 Å². The molecular weight excluding hydrogens is 410 g/mol. The van der Waals surface area contributed by atoms with Gasteiger partial charge in [0.25, 0.3) is 5.01 Å². The summed E-state index contributed by atoms with van der Waals surface area (Å²) < 4.78 is 10.0. The van der Waals surface area contributed by atoms with Crippen LogP contribution in [0.15, 0.2) is 84.0 Å². The van der Waals surface area contributed by atoms with Gasteiger partial charge in [0.05, 0.1) is 0 Å². The average molecular weight is 441 g/mol. The molecule has 162 valence electrons. The van der Waals surface area contributed by atoms with Gasteiger partial charge in [-0.15, -0.1) is 0 Å². The summed E-state index contributed by atoms with van der Waals surface area (Å²) in [4.78, 5) is 0. The first-order chi connectivity index (χ1) is 15.5. The Hall–Kier alpha value is -2.91. The van der Waals surface area contributed by atoms with Crippen LogP contribution in [0.1, 0.15) is 38.6 Å². The lowest BCUT2D eigenvalue weighted by Gasteiger charge is -2.29. The van der Waals surface area contributed by atoms with Crippen LogP contribution in [-0.2, 0) is 6.54 Å². The van der Waals surface area contributed by atoms with E-state index >= 15 is 0 Å². The van der Waals surface area contributed by atoms with Gasteiger partial charge in [0.2, 0.25) is 5.52 Å². The minimum atomic E-state index is 0.323. The highest BCUT2D eigenvalue weighted by Gasteiger charge is 2.26. The largest absolute Gasteiger partial charge is 0.486 e. The third kappa shape index (κ3) is 4.35. The molecule has 1 aliphatic rings. The Morgan fingerprint density at radius 1 is 0.969 bits per heavy atom. The number of benzene rings is 3. The molecule has 0 bridgehead atoms. The first-order valence-corrected chi connectivity index (χ1v) is 12.2. The first-order valence-electron chi connectivity index (χ1n) is 11.4. The maximum atomic E-state index is 6.29. The summed E-state index contributed by atoms with van der Waals surface area (Å²) in [6.45, 7) is 8.45. The van der Waals surface area contributed by atoms with Gasteiger partial charge in [0.1, 0.15) is 17.1 Å². The Morgan fingerprint density at radius 3 is 2.62 bits per heavy atom. The molecule has 0 aliphatic heterocycles. The van der Waals surface area contributed by atoms with Crippen LogP contribution in [-0.4, -0.2) is 6.61 Å². The number of allylic oxidation sites excluding steroid dienone is 3. The lowest BCUT2D eigenvalue weighted by molar-refractivity contribution is -0.669. The van der Waals surface area contributed by atoms with Gasteiger partial charge in [-0.05, 0) is 48.3 Å². The third-order valence-corrected chi connectivity index (χ3v) is 7.25. The summed E-state index contributed by atoms with van der Waals surface area (Å²) in [6.07, 6.45) is 7.07. The second kappa shape index (κ2) is 8.55. The first kappa shape index (κ1) is 21.0. The van der Waals surface area contributed by atoms with Crippen molar-refractivity contribution in [3.05, 3.63) is 89.0 Å². The SMILES string of the molecule is CC1=CC(=Cc2sc3ccccc3[n+]2CCOc2cccc3ccccc23)CC(C)(C)C1. The molecule has 0 fully saturated rings. The van der Waals surface area contributed by atoms with Gasteiger partial charge in [-0.2, -0.15) is 4.57 Å². The van der Waals surface area contributed by atoms with Crippen LogP contribution in [0, 0.1) is 5.41 Å². The second-order valence-electron chi connectivity index (χ2n) is 9.61. The number of rotatable bonds is 5. The number of fused-ring (bicyclic) bond motifs is 2. The van der Waals surface area contributed by atoms with E-state index in [1.807, 2.05) is 11.3 Å². The number of aromatic nitrogens is 1. The fourth-order valence-electron chi connectivity index (χ4n) is 5.00. The molecule has 0 atom stereocenters. The summed E-state index contributed by atoms with van der Waals surface area (Å²) >= 11 is 1.87. The molecule has 1 heterocycles. The molecule has 0 radical (unpaired) electrons. The highest BCUT2D eigenvalue weighted by Crippen LogP contribution is 2.38. The van der Waals surface area contributed by atoms with Crippen LogP contribution < -0.4 is 9.30 Å². The van der Waals surface area contributed by atoms with Crippen LogP contribution in [0.2, 0.25) is 0 Å². The van der Waals surface area contributed by atoms with Gasteiger partial charge in [0, 0.05) is 17.5 Å². The number of nitrogens with zero attached hydrogens (tertiary/aromatic N) is 1. The van der Waals surface area contributed by atoms with E-state index in [2.05, 4.69) is 104 Å². The summed E-state index contributed by atoms with van der Waals surface area (Å²) in [6, 6.07) is 23.4. The average Bonchev–Trinajstić information content (AvgIpc) is 3.09. The topological polar surface area (TPSA) is 13.1 Å². The zero-order valence-corrected chi connectivity index (χ0v) is 19.9. The van der Waals surface area contributed by atoms with Gasteiger partial charge in [-0.25, -0.2) is 0 Å². The molecule has 5 rings (SSSR count). The smallest absolute Gasteiger partial charge is 0.263 e. The van der Waals surface area contributed by atoms with E-state index in [9.17, 15) is 0 Å². The molecule has 0 spiro atoms. The van der Waals surface area contributed by atoms with Crippen molar-refractivity contribution < 1.29 is 9.30 Å². The van der Waals surface area contributed by atoms with Crippen molar-refractivity contribution >= 4 is 38.4 Å². The van der Waals surface area contributed by atoms with Crippen molar-refractivity contribution in [2.24, 2.45) is 5.41 Å². The summed E-state index contributed by atoms with van der Waals surface area (Å²) in [5.41, 5.74) is 4.50. The fourth-order valence-corrected chi connectivity index (χ4v) is 6.16. The highest BCUT2D eigenvalue weighted by atomic mass is 32.1. The van der Waals surface area contributed by atoms with Crippen molar-refractivity contribution in [1.29, 1.82) is 0 Å². The summed E-state index contributed by atoms with van der Waals surface area (Å²) in [5, 5.41) is 3.68. The minimum Gasteiger partial charge on any atom is -0.486 e. The molecule has 4 aromatic rings. The van der Waals surface area contributed by atoms with Crippen LogP contribution in [0.3, 0.4) is 0 Å². The molecule has 3 aromatic carbocycles. The highest BCUT2D eigenvalue weighted by molar-refractivity contribution is 7.18. The Morgan fingerprint density at radius 2 is 1.75 bits per heavy atom. The van der Waals surface area contributed by atoms with Gasteiger partial charge in [-0.3, -0.25) is 0 Å². The maximum Gasteiger partial charge on any atom is 0.263 e. The minimum absolute atomic E-state index is 0.323. The predicted molar refractivity (Wildman–Crippen MR) is 136 cm³/mol. The van der Waals surface area contributed by atoms with Crippen molar-refractivity contribution in [2.75, 3.05) is 6.61 Å². The maximum absolute atomic E-state index is 6.29. The Labute approximate surface area is 194 Å². The van der Waals surface area contributed by atoms with E-state index in [0.717, 1.165) is 18.7 Å². The van der Waals surface area contributed by atoms with E-state index in [1.165, 1.54) is 43.6 Å². The monoisotopic (exact) mass is 440 g/mol. The lowest BCUT2D eigenvalue weighted by atomic mass is 9.75.